The fraction of sp³-hybridized carbons (Fsp3) is 0.455. The number of hydrogen-bond acceptors (Lipinski definition) is 4. The summed E-state index contributed by atoms with van der Waals surface area (Å²) in [6.45, 7) is 4.26. The number of sulfone groups is 1. The molecule has 16 heavy (non-hydrogen) atoms. The summed E-state index contributed by atoms with van der Waals surface area (Å²) in [6.07, 6.45) is 1.21. The molecule has 0 atom stereocenters. The minimum Gasteiger partial charge on any atom is -0.371 e. The van der Waals surface area contributed by atoms with Gasteiger partial charge in [-0.1, -0.05) is 0 Å². The molecule has 0 saturated heterocycles. The van der Waals surface area contributed by atoms with Crippen LogP contribution in [-0.4, -0.2) is 34.3 Å². The number of rotatable bonds is 5. The number of nitrogens with zero attached hydrogens (tertiary/aromatic N) is 1. The highest BCUT2D eigenvalue weighted by atomic mass is 32.2. The van der Waals surface area contributed by atoms with Crippen LogP contribution in [0.3, 0.4) is 0 Å². The Morgan fingerprint density at radius 2 is 1.81 bits per heavy atom. The molecule has 0 aliphatic heterocycles. The second-order valence-electron chi connectivity index (χ2n) is 3.63. The third kappa shape index (κ3) is 3.21. The summed E-state index contributed by atoms with van der Waals surface area (Å²) in [7, 11) is -3.11. The van der Waals surface area contributed by atoms with E-state index in [-0.39, 0.29) is 0 Å². The average Bonchev–Trinajstić information content (AvgIpc) is 2.25. The van der Waals surface area contributed by atoms with Gasteiger partial charge < -0.3 is 10.6 Å². The summed E-state index contributed by atoms with van der Waals surface area (Å²) in [4.78, 5) is 2.45. The maximum absolute atomic E-state index is 11.3. The van der Waals surface area contributed by atoms with Crippen molar-refractivity contribution in [2.75, 3.05) is 30.8 Å². The van der Waals surface area contributed by atoms with Gasteiger partial charge in [-0.05, 0) is 31.2 Å². The van der Waals surface area contributed by atoms with Gasteiger partial charge in [-0.2, -0.15) is 0 Å². The van der Waals surface area contributed by atoms with Gasteiger partial charge in [0.15, 0.2) is 9.84 Å². The Hall–Kier alpha value is -1.07. The first-order chi connectivity index (χ1) is 7.49. The lowest BCUT2D eigenvalue weighted by Gasteiger charge is -2.22. The summed E-state index contributed by atoms with van der Waals surface area (Å²) in [5, 5.41) is 0. The third-order valence-electron chi connectivity index (χ3n) is 2.41. The summed E-state index contributed by atoms with van der Waals surface area (Å²) in [5.41, 5.74) is 6.50. The molecule has 4 nitrogen and oxygen atoms in total. The molecule has 0 amide bonds. The van der Waals surface area contributed by atoms with Crippen molar-refractivity contribution in [3.63, 3.8) is 0 Å². The molecule has 0 unspecified atom stereocenters. The smallest absolute Gasteiger partial charge is 0.175 e. The normalized spacial score (nSPS) is 11.4. The second kappa shape index (κ2) is 5.32. The van der Waals surface area contributed by atoms with Crippen LogP contribution in [0, 0.1) is 0 Å². The zero-order valence-electron chi connectivity index (χ0n) is 9.68. The second-order valence-corrected chi connectivity index (χ2v) is 5.65. The maximum atomic E-state index is 11.3. The van der Waals surface area contributed by atoms with Gasteiger partial charge in [0, 0.05) is 31.6 Å². The van der Waals surface area contributed by atoms with Crippen LogP contribution in [0.25, 0.3) is 0 Å². The van der Waals surface area contributed by atoms with Crippen LogP contribution in [0.1, 0.15) is 6.92 Å². The quantitative estimate of drug-likeness (QED) is 0.832. The van der Waals surface area contributed by atoms with E-state index in [1.54, 1.807) is 12.1 Å². The van der Waals surface area contributed by atoms with Crippen LogP contribution < -0.4 is 10.6 Å². The van der Waals surface area contributed by atoms with Crippen LogP contribution in [-0.2, 0) is 9.84 Å². The van der Waals surface area contributed by atoms with E-state index in [2.05, 4.69) is 4.90 Å². The van der Waals surface area contributed by atoms with E-state index in [0.717, 1.165) is 18.8 Å². The molecule has 0 fully saturated rings. The summed E-state index contributed by atoms with van der Waals surface area (Å²) < 4.78 is 22.6. The van der Waals surface area contributed by atoms with Gasteiger partial charge >= 0.3 is 0 Å². The van der Waals surface area contributed by atoms with E-state index < -0.39 is 9.84 Å². The highest BCUT2D eigenvalue weighted by Crippen LogP contribution is 2.17. The minimum absolute atomic E-state index is 0.347. The Labute approximate surface area is 97.0 Å². The minimum atomic E-state index is -3.11. The fourth-order valence-corrected chi connectivity index (χ4v) is 2.16. The third-order valence-corrected chi connectivity index (χ3v) is 3.54. The van der Waals surface area contributed by atoms with Crippen molar-refractivity contribution in [3.05, 3.63) is 24.3 Å². The number of nitrogens with two attached hydrogens (primary N) is 1. The molecule has 5 heteroatoms. The Balaban J connectivity index is 2.93. The monoisotopic (exact) mass is 242 g/mol. The molecular formula is C11H18N2O2S. The molecule has 0 aliphatic rings. The standard InChI is InChI=1S/C11H18N2O2S/c1-3-13(9-8-12)10-4-6-11(7-5-10)16(2,14)15/h4-7H,3,8-9,12H2,1-2H3. The van der Waals surface area contributed by atoms with E-state index in [9.17, 15) is 8.42 Å². The van der Waals surface area contributed by atoms with Gasteiger partial charge in [0.25, 0.3) is 0 Å². The molecule has 0 radical (unpaired) electrons. The SMILES string of the molecule is CCN(CCN)c1ccc(S(C)(=O)=O)cc1. The van der Waals surface area contributed by atoms with Crippen molar-refractivity contribution in [1.82, 2.24) is 0 Å². The molecule has 0 saturated carbocycles. The van der Waals surface area contributed by atoms with Crippen molar-refractivity contribution < 1.29 is 8.42 Å². The molecule has 0 heterocycles. The Morgan fingerprint density at radius 3 is 2.19 bits per heavy atom. The van der Waals surface area contributed by atoms with Crippen LogP contribution in [0.5, 0.6) is 0 Å². The van der Waals surface area contributed by atoms with E-state index >= 15 is 0 Å². The van der Waals surface area contributed by atoms with Crippen LogP contribution in [0.2, 0.25) is 0 Å². The van der Waals surface area contributed by atoms with Gasteiger partial charge in [-0.25, -0.2) is 8.42 Å². The van der Waals surface area contributed by atoms with Gasteiger partial charge in [0.2, 0.25) is 0 Å². The van der Waals surface area contributed by atoms with Crippen molar-refractivity contribution >= 4 is 15.5 Å². The number of likely N-dealkylation sites (N-methyl/N-ethyl adjacent to an activating group) is 1. The molecule has 1 rings (SSSR count). The predicted octanol–water partition coefficient (Wildman–Crippen LogP) is 0.875. The highest BCUT2D eigenvalue weighted by molar-refractivity contribution is 7.90. The molecule has 0 spiro atoms. The molecule has 0 bridgehead atoms. The summed E-state index contributed by atoms with van der Waals surface area (Å²) >= 11 is 0. The average molecular weight is 242 g/mol. The summed E-state index contributed by atoms with van der Waals surface area (Å²) in [5.74, 6) is 0. The zero-order valence-corrected chi connectivity index (χ0v) is 10.5. The lowest BCUT2D eigenvalue weighted by Crippen LogP contribution is -2.28. The first kappa shape index (κ1) is 13.0. The van der Waals surface area contributed by atoms with E-state index in [1.165, 1.54) is 6.26 Å². The van der Waals surface area contributed by atoms with Crippen molar-refractivity contribution in [1.29, 1.82) is 0 Å². The lowest BCUT2D eigenvalue weighted by molar-refractivity contribution is 0.602. The Morgan fingerprint density at radius 1 is 1.25 bits per heavy atom. The Kier molecular flexibility index (Phi) is 4.32. The van der Waals surface area contributed by atoms with Gasteiger partial charge in [-0.15, -0.1) is 0 Å². The van der Waals surface area contributed by atoms with Crippen molar-refractivity contribution in [2.45, 2.75) is 11.8 Å². The maximum Gasteiger partial charge on any atom is 0.175 e. The van der Waals surface area contributed by atoms with Crippen LogP contribution >= 0.6 is 0 Å². The molecule has 2 N–H and O–H groups in total. The first-order valence-corrected chi connectivity index (χ1v) is 7.13. The van der Waals surface area contributed by atoms with Gasteiger partial charge in [-0.3, -0.25) is 0 Å². The lowest BCUT2D eigenvalue weighted by atomic mass is 10.3. The molecule has 90 valence electrons. The van der Waals surface area contributed by atoms with E-state index in [1.807, 2.05) is 19.1 Å². The Bertz CT molecular complexity index is 426. The zero-order chi connectivity index (χ0) is 12.2. The van der Waals surface area contributed by atoms with Crippen LogP contribution in [0.4, 0.5) is 5.69 Å². The number of hydrogen-bond donors (Lipinski definition) is 1. The van der Waals surface area contributed by atoms with Crippen LogP contribution in [0.15, 0.2) is 29.2 Å². The van der Waals surface area contributed by atoms with Crippen molar-refractivity contribution in [3.8, 4) is 0 Å². The first-order valence-electron chi connectivity index (χ1n) is 5.24. The number of anilines is 1. The predicted molar refractivity (Wildman–Crippen MR) is 66.5 cm³/mol. The fourth-order valence-electron chi connectivity index (χ4n) is 1.53. The summed E-state index contributed by atoms with van der Waals surface area (Å²) in [6, 6.07) is 6.89. The molecule has 1 aromatic carbocycles. The largest absolute Gasteiger partial charge is 0.371 e. The number of benzene rings is 1. The van der Waals surface area contributed by atoms with E-state index in [4.69, 9.17) is 5.73 Å². The topological polar surface area (TPSA) is 63.4 Å². The molecule has 0 aliphatic carbocycles. The van der Waals surface area contributed by atoms with E-state index in [0.29, 0.717) is 11.4 Å². The van der Waals surface area contributed by atoms with Crippen molar-refractivity contribution in [2.24, 2.45) is 5.73 Å². The molecule has 1 aromatic rings. The molecule has 0 aromatic heterocycles. The van der Waals surface area contributed by atoms with Gasteiger partial charge in [0.05, 0.1) is 4.90 Å². The van der Waals surface area contributed by atoms with Gasteiger partial charge in [0.1, 0.15) is 0 Å². The highest BCUT2D eigenvalue weighted by Gasteiger charge is 2.08. The molecular weight excluding hydrogens is 224 g/mol.